The second kappa shape index (κ2) is 6.06. The van der Waals surface area contributed by atoms with Gasteiger partial charge in [-0.3, -0.25) is 14.7 Å². The van der Waals surface area contributed by atoms with Crippen molar-refractivity contribution in [1.29, 1.82) is 0 Å². The molecule has 2 aromatic heterocycles. The van der Waals surface area contributed by atoms with E-state index in [9.17, 15) is 4.79 Å². The zero-order valence-corrected chi connectivity index (χ0v) is 14.1. The van der Waals surface area contributed by atoms with Crippen molar-refractivity contribution in [1.82, 2.24) is 15.2 Å². The zero-order chi connectivity index (χ0) is 15.8. The smallest absolute Gasteiger partial charge is 0.261 e. The molecule has 2 aromatic rings. The first-order valence-corrected chi connectivity index (χ1v) is 9.10. The highest BCUT2D eigenvalue weighted by molar-refractivity contribution is 7.17. The normalized spacial score (nSPS) is 29.4. The molecule has 0 radical (unpaired) electrons. The lowest BCUT2D eigenvalue weighted by molar-refractivity contribution is 0.0218. The maximum Gasteiger partial charge on any atom is 0.261 e. The quantitative estimate of drug-likeness (QED) is 0.881. The van der Waals surface area contributed by atoms with Crippen molar-refractivity contribution in [3.05, 3.63) is 41.4 Å². The maximum absolute atomic E-state index is 12.6. The number of carbonyl (C=O) groups excluding carboxylic acids is 1. The Balaban J connectivity index is 1.49. The number of piperidine rings is 3. The summed E-state index contributed by atoms with van der Waals surface area (Å²) in [6, 6.07) is 10.5. The van der Waals surface area contributed by atoms with E-state index in [-0.39, 0.29) is 11.9 Å². The van der Waals surface area contributed by atoms with E-state index in [4.69, 9.17) is 0 Å². The Morgan fingerprint density at radius 2 is 2.09 bits per heavy atom. The number of carbonyl (C=O) groups is 1. The molecule has 4 nitrogen and oxygen atoms in total. The highest BCUT2D eigenvalue weighted by Gasteiger charge is 2.40. The molecule has 2 atom stereocenters. The van der Waals surface area contributed by atoms with Crippen LogP contribution >= 0.6 is 11.3 Å². The molecule has 3 aliphatic rings. The number of pyridine rings is 1. The molecule has 5 heterocycles. The van der Waals surface area contributed by atoms with Crippen LogP contribution in [-0.4, -0.2) is 41.0 Å². The van der Waals surface area contributed by atoms with E-state index in [1.807, 2.05) is 30.3 Å². The predicted octanol–water partition coefficient (Wildman–Crippen LogP) is 3.02. The van der Waals surface area contributed by atoms with Gasteiger partial charge in [-0.15, -0.1) is 11.3 Å². The number of thiophene rings is 1. The molecule has 3 saturated heterocycles. The second-order valence-corrected chi connectivity index (χ2v) is 7.58. The number of hydrogen-bond acceptors (Lipinski definition) is 4. The van der Waals surface area contributed by atoms with Crippen LogP contribution < -0.4 is 5.32 Å². The topological polar surface area (TPSA) is 45.2 Å². The molecular weight excluding hydrogens is 307 g/mol. The third kappa shape index (κ3) is 2.79. The van der Waals surface area contributed by atoms with Crippen molar-refractivity contribution in [2.75, 3.05) is 13.1 Å². The summed E-state index contributed by atoms with van der Waals surface area (Å²) in [5.74, 6) is 0.692. The minimum absolute atomic E-state index is 0.0581. The van der Waals surface area contributed by atoms with Gasteiger partial charge in [0.05, 0.1) is 15.4 Å². The first kappa shape index (κ1) is 14.8. The standard InChI is InChI=1S/C18H21N3OS/c1-12-17(13-7-10-21(12)11-8-13)20-18(22)16-6-5-15(23-16)14-4-2-3-9-19-14/h2-6,9,12-13,17H,7-8,10-11H2,1H3,(H,20,22)/t12-,17-/m0/s1/i18+1. The molecule has 5 rings (SSSR count). The summed E-state index contributed by atoms with van der Waals surface area (Å²) >= 11 is 1.52. The highest BCUT2D eigenvalue weighted by atomic mass is 32.1. The van der Waals surface area contributed by atoms with Crippen molar-refractivity contribution in [2.45, 2.75) is 31.8 Å². The van der Waals surface area contributed by atoms with Crippen molar-refractivity contribution < 1.29 is 4.79 Å². The number of nitrogens with zero attached hydrogens (tertiary/aromatic N) is 2. The summed E-state index contributed by atoms with van der Waals surface area (Å²) in [4.78, 5) is 21.3. The van der Waals surface area contributed by atoms with E-state index >= 15 is 0 Å². The van der Waals surface area contributed by atoms with Crippen molar-refractivity contribution >= 4 is 17.2 Å². The number of amides is 1. The molecule has 5 heteroatoms. The molecule has 0 saturated carbocycles. The van der Waals surface area contributed by atoms with Crippen LogP contribution in [-0.2, 0) is 0 Å². The maximum atomic E-state index is 12.6. The lowest BCUT2D eigenvalue weighted by Crippen LogP contribution is -2.62. The Kier molecular flexibility index (Phi) is 3.91. The Morgan fingerprint density at radius 1 is 1.26 bits per heavy atom. The molecule has 2 bridgehead atoms. The van der Waals surface area contributed by atoms with Gasteiger partial charge in [0.15, 0.2) is 0 Å². The number of rotatable bonds is 3. The molecule has 1 amide bonds. The van der Waals surface area contributed by atoms with Gasteiger partial charge >= 0.3 is 0 Å². The van der Waals surface area contributed by atoms with Crippen LogP contribution in [0.2, 0.25) is 0 Å². The van der Waals surface area contributed by atoms with Gasteiger partial charge in [-0.25, -0.2) is 0 Å². The van der Waals surface area contributed by atoms with Crippen molar-refractivity contribution in [3.8, 4) is 10.6 Å². The molecule has 1 N–H and O–H groups in total. The van der Waals surface area contributed by atoms with Gasteiger partial charge in [0, 0.05) is 18.3 Å². The van der Waals surface area contributed by atoms with Crippen molar-refractivity contribution in [2.24, 2.45) is 5.92 Å². The minimum Gasteiger partial charge on any atom is -0.347 e. The fraction of sp³-hybridized carbons (Fsp3) is 0.444. The van der Waals surface area contributed by atoms with E-state index in [0.29, 0.717) is 12.0 Å². The first-order valence-electron chi connectivity index (χ1n) is 8.28. The molecule has 0 aromatic carbocycles. The fourth-order valence-corrected chi connectivity index (χ4v) is 4.76. The molecule has 23 heavy (non-hydrogen) atoms. The Hall–Kier alpha value is -1.72. The van der Waals surface area contributed by atoms with Gasteiger partial charge in [0.2, 0.25) is 0 Å². The molecule has 3 aliphatic heterocycles. The van der Waals surface area contributed by atoms with Gasteiger partial charge in [0.25, 0.3) is 5.91 Å². The van der Waals surface area contributed by atoms with Gasteiger partial charge in [-0.1, -0.05) is 6.07 Å². The van der Waals surface area contributed by atoms with Crippen LogP contribution in [0.5, 0.6) is 0 Å². The Labute approximate surface area is 140 Å². The molecular formula is C18H21N3OS. The van der Waals surface area contributed by atoms with Crippen LogP contribution in [0.3, 0.4) is 0 Å². The molecule has 120 valence electrons. The first-order chi connectivity index (χ1) is 11.2. The third-order valence-electron chi connectivity index (χ3n) is 5.22. The number of fused-ring (bicyclic) bond motifs is 3. The summed E-state index contributed by atoms with van der Waals surface area (Å²) in [5, 5.41) is 3.29. The highest BCUT2D eigenvalue weighted by Crippen LogP contribution is 2.33. The fourth-order valence-electron chi connectivity index (χ4n) is 3.87. The molecule has 0 aliphatic carbocycles. The lowest BCUT2D eigenvalue weighted by atomic mass is 9.79. The average Bonchev–Trinajstić information content (AvgIpc) is 3.09. The van der Waals surface area contributed by atoms with Gasteiger partial charge < -0.3 is 5.32 Å². The van der Waals surface area contributed by atoms with Crippen LogP contribution in [0.4, 0.5) is 0 Å². The van der Waals surface area contributed by atoms with E-state index in [1.54, 1.807) is 6.20 Å². The zero-order valence-electron chi connectivity index (χ0n) is 13.2. The van der Waals surface area contributed by atoms with Gasteiger partial charge in [-0.2, -0.15) is 0 Å². The average molecular weight is 328 g/mol. The summed E-state index contributed by atoms with van der Waals surface area (Å²) in [7, 11) is 0. The van der Waals surface area contributed by atoms with Gasteiger partial charge in [0.1, 0.15) is 0 Å². The lowest BCUT2D eigenvalue weighted by Gasteiger charge is -2.49. The third-order valence-corrected chi connectivity index (χ3v) is 6.33. The Bertz CT molecular complexity index is 689. The minimum atomic E-state index is 0.0581. The van der Waals surface area contributed by atoms with Crippen LogP contribution in [0, 0.1) is 5.92 Å². The molecule has 0 unspecified atom stereocenters. The molecule has 3 fully saturated rings. The van der Waals surface area contributed by atoms with Gasteiger partial charge in [-0.05, 0) is 63.0 Å². The van der Waals surface area contributed by atoms with Crippen LogP contribution in [0.15, 0.2) is 36.5 Å². The Morgan fingerprint density at radius 3 is 2.78 bits per heavy atom. The van der Waals surface area contributed by atoms with E-state index in [1.165, 1.54) is 37.3 Å². The number of hydrogen-bond donors (Lipinski definition) is 1. The van der Waals surface area contributed by atoms with Crippen molar-refractivity contribution in [3.63, 3.8) is 0 Å². The summed E-state index contributed by atoms with van der Waals surface area (Å²) in [5.41, 5.74) is 0.924. The summed E-state index contributed by atoms with van der Waals surface area (Å²) < 4.78 is 0. The predicted molar refractivity (Wildman–Crippen MR) is 92.6 cm³/mol. The van der Waals surface area contributed by atoms with Crippen LogP contribution in [0.1, 0.15) is 29.4 Å². The number of nitrogens with one attached hydrogen (secondary N) is 1. The summed E-state index contributed by atoms with van der Waals surface area (Å²) in [6.45, 7) is 4.60. The van der Waals surface area contributed by atoms with E-state index in [0.717, 1.165) is 15.4 Å². The largest absolute Gasteiger partial charge is 0.347 e. The second-order valence-electron chi connectivity index (χ2n) is 6.49. The molecule has 0 spiro atoms. The summed E-state index contributed by atoms with van der Waals surface area (Å²) in [6.07, 6.45) is 4.20. The monoisotopic (exact) mass is 328 g/mol. The SMILES string of the molecule is C[C@H]1[C@H](N[13C](=O)c2ccc(-c3ccccn3)s2)C2CCN1CC2. The van der Waals surface area contributed by atoms with Crippen LogP contribution in [0.25, 0.3) is 10.6 Å². The van der Waals surface area contributed by atoms with E-state index < -0.39 is 0 Å². The number of aromatic nitrogens is 1. The van der Waals surface area contributed by atoms with E-state index in [2.05, 4.69) is 22.1 Å².